The summed E-state index contributed by atoms with van der Waals surface area (Å²) in [4.78, 5) is 15.5. The molecular weight excluding hydrogens is 242 g/mol. The van der Waals surface area contributed by atoms with Crippen LogP contribution < -0.4 is 10.1 Å². The van der Waals surface area contributed by atoms with E-state index in [0.29, 0.717) is 12.5 Å². The Morgan fingerprint density at radius 3 is 3.05 bits per heavy atom. The molecule has 2 heterocycles. The molecule has 19 heavy (non-hydrogen) atoms. The van der Waals surface area contributed by atoms with E-state index in [2.05, 4.69) is 32.2 Å². The molecule has 6 heteroatoms. The molecule has 0 saturated heterocycles. The predicted molar refractivity (Wildman–Crippen MR) is 73.2 cm³/mol. The van der Waals surface area contributed by atoms with Crippen LogP contribution in [0.5, 0.6) is 5.88 Å². The van der Waals surface area contributed by atoms with Gasteiger partial charge in [0.05, 0.1) is 6.61 Å². The number of nitrogens with one attached hydrogen (secondary N) is 2. The first-order valence-electron chi connectivity index (χ1n) is 6.55. The van der Waals surface area contributed by atoms with Crippen molar-refractivity contribution >= 4 is 5.82 Å². The molecule has 0 aliphatic rings. The Morgan fingerprint density at radius 2 is 2.26 bits per heavy atom. The average molecular weight is 261 g/mol. The van der Waals surface area contributed by atoms with E-state index in [-0.39, 0.29) is 0 Å². The van der Waals surface area contributed by atoms with E-state index < -0.39 is 0 Å². The molecule has 0 unspecified atom stereocenters. The molecule has 0 aromatic carbocycles. The normalized spacial score (nSPS) is 10.4. The second-order valence-corrected chi connectivity index (χ2v) is 4.16. The van der Waals surface area contributed by atoms with Crippen LogP contribution in [-0.2, 0) is 6.42 Å². The maximum Gasteiger partial charge on any atom is 0.218 e. The van der Waals surface area contributed by atoms with Gasteiger partial charge in [0, 0.05) is 31.4 Å². The second kappa shape index (κ2) is 7.35. The molecule has 102 valence electrons. The zero-order chi connectivity index (χ0) is 13.3. The van der Waals surface area contributed by atoms with Gasteiger partial charge in [0.25, 0.3) is 0 Å². The van der Waals surface area contributed by atoms with Gasteiger partial charge in [0.15, 0.2) is 0 Å². The fourth-order valence-corrected chi connectivity index (χ4v) is 1.63. The fraction of sp³-hybridized carbons (Fsp3) is 0.462. The molecule has 2 aromatic rings. The molecule has 0 atom stereocenters. The van der Waals surface area contributed by atoms with E-state index >= 15 is 0 Å². The van der Waals surface area contributed by atoms with Gasteiger partial charge in [-0.2, -0.15) is 0 Å². The van der Waals surface area contributed by atoms with E-state index in [9.17, 15) is 0 Å². The van der Waals surface area contributed by atoms with Crippen LogP contribution in [0.3, 0.4) is 0 Å². The summed E-state index contributed by atoms with van der Waals surface area (Å²) in [5.41, 5.74) is 0. The van der Waals surface area contributed by atoms with E-state index in [1.165, 1.54) is 6.33 Å². The zero-order valence-electron chi connectivity index (χ0n) is 11.1. The van der Waals surface area contributed by atoms with Gasteiger partial charge in [0.2, 0.25) is 5.88 Å². The summed E-state index contributed by atoms with van der Waals surface area (Å²) in [5, 5.41) is 3.25. The minimum atomic E-state index is 0.616. The lowest BCUT2D eigenvalue weighted by Crippen LogP contribution is -2.06. The number of anilines is 1. The molecule has 0 fully saturated rings. The molecule has 0 saturated carbocycles. The van der Waals surface area contributed by atoms with E-state index in [4.69, 9.17) is 4.74 Å². The highest BCUT2D eigenvalue weighted by atomic mass is 16.5. The Kier molecular flexibility index (Phi) is 5.16. The van der Waals surface area contributed by atoms with E-state index in [1.54, 1.807) is 6.20 Å². The molecule has 0 bridgehead atoms. The van der Waals surface area contributed by atoms with Crippen LogP contribution in [-0.4, -0.2) is 33.1 Å². The third kappa shape index (κ3) is 4.57. The van der Waals surface area contributed by atoms with Crippen molar-refractivity contribution in [2.24, 2.45) is 0 Å². The van der Waals surface area contributed by atoms with Gasteiger partial charge in [0.1, 0.15) is 18.0 Å². The Bertz CT molecular complexity index is 472. The molecule has 6 nitrogen and oxygen atoms in total. The maximum absolute atomic E-state index is 5.45. The van der Waals surface area contributed by atoms with Crippen molar-refractivity contribution in [2.45, 2.75) is 26.2 Å². The van der Waals surface area contributed by atoms with Crippen molar-refractivity contribution in [3.63, 3.8) is 0 Å². The Hall–Kier alpha value is -2.11. The predicted octanol–water partition coefficient (Wildman–Crippen LogP) is 2.03. The van der Waals surface area contributed by atoms with Gasteiger partial charge in [-0.05, 0) is 12.8 Å². The summed E-state index contributed by atoms with van der Waals surface area (Å²) in [5.74, 6) is 2.42. The molecule has 2 aromatic heterocycles. The lowest BCUT2D eigenvalue weighted by Gasteiger charge is -2.07. The molecule has 0 radical (unpaired) electrons. The topological polar surface area (TPSA) is 75.7 Å². The van der Waals surface area contributed by atoms with Crippen molar-refractivity contribution in [3.05, 3.63) is 30.6 Å². The number of hydrogen-bond donors (Lipinski definition) is 2. The summed E-state index contributed by atoms with van der Waals surface area (Å²) in [6.45, 7) is 3.58. The first kappa shape index (κ1) is 13.3. The summed E-state index contributed by atoms with van der Waals surface area (Å²) in [6, 6.07) is 1.82. The van der Waals surface area contributed by atoms with Crippen molar-refractivity contribution in [2.75, 3.05) is 18.5 Å². The van der Waals surface area contributed by atoms with Crippen molar-refractivity contribution in [3.8, 4) is 5.88 Å². The number of aromatic amines is 1. The highest BCUT2D eigenvalue weighted by Crippen LogP contribution is 2.11. The average Bonchev–Trinajstić information content (AvgIpc) is 2.95. The van der Waals surface area contributed by atoms with Crippen LogP contribution in [0.2, 0.25) is 0 Å². The van der Waals surface area contributed by atoms with Crippen LogP contribution in [0.15, 0.2) is 24.8 Å². The largest absolute Gasteiger partial charge is 0.478 e. The highest BCUT2D eigenvalue weighted by Gasteiger charge is 1.99. The summed E-state index contributed by atoms with van der Waals surface area (Å²) in [7, 11) is 0. The van der Waals surface area contributed by atoms with E-state index in [1.807, 2.05) is 12.3 Å². The summed E-state index contributed by atoms with van der Waals surface area (Å²) < 4.78 is 5.45. The number of ether oxygens (including phenoxy) is 1. The van der Waals surface area contributed by atoms with Crippen LogP contribution in [0.25, 0.3) is 0 Å². The van der Waals surface area contributed by atoms with Crippen LogP contribution in [0, 0.1) is 0 Å². The molecular formula is C13H19N5O. The Morgan fingerprint density at radius 1 is 1.32 bits per heavy atom. The van der Waals surface area contributed by atoms with Crippen LogP contribution >= 0.6 is 0 Å². The quantitative estimate of drug-likeness (QED) is 0.711. The monoisotopic (exact) mass is 261 g/mol. The molecule has 2 rings (SSSR count). The lowest BCUT2D eigenvalue weighted by atomic mass is 10.3. The Balaban J connectivity index is 1.73. The molecule has 0 amide bonds. The maximum atomic E-state index is 5.45. The number of nitrogens with zero attached hydrogens (tertiary/aromatic N) is 3. The van der Waals surface area contributed by atoms with Gasteiger partial charge in [-0.1, -0.05) is 6.92 Å². The number of hydrogen-bond acceptors (Lipinski definition) is 5. The smallest absolute Gasteiger partial charge is 0.218 e. The molecule has 0 spiro atoms. The lowest BCUT2D eigenvalue weighted by molar-refractivity contribution is 0.305. The number of H-pyrrole nitrogens is 1. The molecule has 2 N–H and O–H groups in total. The van der Waals surface area contributed by atoms with Gasteiger partial charge in [-0.25, -0.2) is 15.0 Å². The Labute approximate surface area is 112 Å². The molecule has 0 aliphatic heterocycles. The van der Waals surface area contributed by atoms with Crippen molar-refractivity contribution in [1.29, 1.82) is 0 Å². The third-order valence-corrected chi connectivity index (χ3v) is 2.55. The van der Waals surface area contributed by atoms with Gasteiger partial charge >= 0.3 is 0 Å². The van der Waals surface area contributed by atoms with Crippen LogP contribution in [0.4, 0.5) is 5.82 Å². The van der Waals surface area contributed by atoms with Gasteiger partial charge < -0.3 is 15.0 Å². The number of rotatable bonds is 8. The van der Waals surface area contributed by atoms with Crippen LogP contribution in [0.1, 0.15) is 25.6 Å². The van der Waals surface area contributed by atoms with Crippen molar-refractivity contribution in [1.82, 2.24) is 19.9 Å². The first-order chi connectivity index (χ1) is 9.38. The first-order valence-corrected chi connectivity index (χ1v) is 6.55. The molecule has 0 aliphatic carbocycles. The second-order valence-electron chi connectivity index (χ2n) is 4.16. The highest BCUT2D eigenvalue weighted by molar-refractivity contribution is 5.36. The number of imidazole rings is 1. The summed E-state index contributed by atoms with van der Waals surface area (Å²) in [6.07, 6.45) is 8.00. The third-order valence-electron chi connectivity index (χ3n) is 2.55. The van der Waals surface area contributed by atoms with Gasteiger partial charge in [-0.15, -0.1) is 0 Å². The SMILES string of the molecule is CCCOc1cc(NCCCc2ncc[nH]2)ncn1. The van der Waals surface area contributed by atoms with Crippen molar-refractivity contribution < 1.29 is 4.74 Å². The minimum Gasteiger partial charge on any atom is -0.478 e. The zero-order valence-corrected chi connectivity index (χ0v) is 11.1. The van der Waals surface area contributed by atoms with Gasteiger partial charge in [-0.3, -0.25) is 0 Å². The fourth-order valence-electron chi connectivity index (χ4n) is 1.63. The minimum absolute atomic E-state index is 0.616. The standard InChI is InChI=1S/C13H19N5O/c1-2-8-19-13-9-12(17-10-18-13)14-5-3-4-11-15-6-7-16-11/h6-7,9-10H,2-5,8H2,1H3,(H,15,16)(H,14,17,18). The van der Waals surface area contributed by atoms with E-state index in [0.717, 1.165) is 37.4 Å². The summed E-state index contributed by atoms with van der Waals surface area (Å²) >= 11 is 0. The number of aryl methyl sites for hydroxylation is 1. The number of aromatic nitrogens is 4.